The van der Waals surface area contributed by atoms with Crippen molar-refractivity contribution in [2.75, 3.05) is 11.9 Å². The number of hydrogen-bond donors (Lipinski definition) is 1. The Labute approximate surface area is 167 Å². The van der Waals surface area contributed by atoms with Crippen LogP contribution in [0.4, 0.5) is 10.1 Å². The minimum Gasteiger partial charge on any atom is -0.450 e. The summed E-state index contributed by atoms with van der Waals surface area (Å²) in [4.78, 5) is 25.5. The summed E-state index contributed by atoms with van der Waals surface area (Å²) >= 11 is 0. The van der Waals surface area contributed by atoms with Crippen LogP contribution in [0.2, 0.25) is 0 Å². The molecule has 4 nitrogen and oxygen atoms in total. The maximum atomic E-state index is 13.1. The summed E-state index contributed by atoms with van der Waals surface area (Å²) in [6, 6.07) is 19.8. The van der Waals surface area contributed by atoms with Crippen molar-refractivity contribution in [3.8, 4) is 0 Å². The van der Waals surface area contributed by atoms with E-state index in [9.17, 15) is 14.0 Å². The first-order chi connectivity index (χ1) is 14.0. The van der Waals surface area contributed by atoms with Gasteiger partial charge in [-0.3, -0.25) is 9.59 Å². The number of furan rings is 1. The molecular weight excluding hydrogens is 369 g/mol. The van der Waals surface area contributed by atoms with E-state index in [1.165, 1.54) is 24.3 Å². The monoisotopic (exact) mass is 387 g/mol. The summed E-state index contributed by atoms with van der Waals surface area (Å²) in [5.41, 5.74) is 2.97. The van der Waals surface area contributed by atoms with Gasteiger partial charge in [0, 0.05) is 16.5 Å². The van der Waals surface area contributed by atoms with Crippen molar-refractivity contribution in [2.24, 2.45) is 0 Å². The first-order valence-electron chi connectivity index (χ1n) is 9.18. The van der Waals surface area contributed by atoms with E-state index in [4.69, 9.17) is 4.42 Å². The van der Waals surface area contributed by atoms with Crippen LogP contribution in [0.25, 0.3) is 11.0 Å². The van der Waals surface area contributed by atoms with Gasteiger partial charge in [-0.15, -0.1) is 0 Å². The predicted molar refractivity (Wildman–Crippen MR) is 110 cm³/mol. The van der Waals surface area contributed by atoms with E-state index in [0.29, 0.717) is 22.4 Å². The minimum atomic E-state index is -0.402. The SMILES string of the molecule is Cc1ccc(C(=O)c2oc3ccccc3c2NCC(=O)c2ccc(F)cc2)cc1. The van der Waals surface area contributed by atoms with Gasteiger partial charge in [0.15, 0.2) is 11.5 Å². The molecule has 29 heavy (non-hydrogen) atoms. The Balaban J connectivity index is 1.66. The highest BCUT2D eigenvalue weighted by Gasteiger charge is 2.22. The molecule has 144 valence electrons. The van der Waals surface area contributed by atoms with Crippen molar-refractivity contribution >= 4 is 28.2 Å². The number of hydrogen-bond acceptors (Lipinski definition) is 4. The number of fused-ring (bicyclic) bond motifs is 1. The molecule has 0 saturated heterocycles. The van der Waals surface area contributed by atoms with Crippen molar-refractivity contribution in [1.82, 2.24) is 0 Å². The molecule has 1 N–H and O–H groups in total. The van der Waals surface area contributed by atoms with Gasteiger partial charge in [-0.2, -0.15) is 0 Å². The molecular formula is C24H18FNO3. The zero-order chi connectivity index (χ0) is 20.4. The number of Topliss-reactive ketones (excluding diaryl/α,β-unsaturated/α-hetero) is 1. The second-order valence-electron chi connectivity index (χ2n) is 6.78. The third kappa shape index (κ3) is 3.80. The lowest BCUT2D eigenvalue weighted by Crippen LogP contribution is -2.15. The second kappa shape index (κ2) is 7.72. The molecule has 0 spiro atoms. The number of halogens is 1. The molecule has 3 aromatic carbocycles. The van der Waals surface area contributed by atoms with Gasteiger partial charge in [0.2, 0.25) is 5.78 Å². The molecule has 0 bridgehead atoms. The number of carbonyl (C=O) groups excluding carboxylic acids is 2. The highest BCUT2D eigenvalue weighted by Crippen LogP contribution is 2.32. The molecule has 0 aliphatic carbocycles. The van der Waals surface area contributed by atoms with Crippen LogP contribution >= 0.6 is 0 Å². The minimum absolute atomic E-state index is 0.0522. The van der Waals surface area contributed by atoms with Gasteiger partial charge in [0.05, 0.1) is 12.2 Å². The molecule has 0 atom stereocenters. The van der Waals surface area contributed by atoms with Gasteiger partial charge in [0.25, 0.3) is 0 Å². The van der Waals surface area contributed by atoms with Gasteiger partial charge in [-0.1, -0.05) is 42.0 Å². The Morgan fingerprint density at radius 3 is 2.28 bits per heavy atom. The van der Waals surface area contributed by atoms with Crippen LogP contribution in [-0.4, -0.2) is 18.1 Å². The number of aryl methyl sites for hydroxylation is 1. The van der Waals surface area contributed by atoms with Gasteiger partial charge in [0.1, 0.15) is 11.4 Å². The molecule has 1 aromatic heterocycles. The van der Waals surface area contributed by atoms with Gasteiger partial charge < -0.3 is 9.73 Å². The van der Waals surface area contributed by atoms with Crippen molar-refractivity contribution < 1.29 is 18.4 Å². The summed E-state index contributed by atoms with van der Waals surface area (Å²) in [6.07, 6.45) is 0. The largest absolute Gasteiger partial charge is 0.450 e. The summed E-state index contributed by atoms with van der Waals surface area (Å²) in [6.45, 7) is 1.90. The van der Waals surface area contributed by atoms with Crippen molar-refractivity contribution in [3.63, 3.8) is 0 Å². The van der Waals surface area contributed by atoms with Gasteiger partial charge in [-0.25, -0.2) is 4.39 Å². The first-order valence-corrected chi connectivity index (χ1v) is 9.18. The summed E-state index contributed by atoms with van der Waals surface area (Å²) in [5.74, 6) is -0.731. The number of carbonyl (C=O) groups is 2. The lowest BCUT2D eigenvalue weighted by molar-refractivity contribution is 0.0997. The smallest absolute Gasteiger partial charge is 0.230 e. The molecule has 0 saturated carbocycles. The van der Waals surface area contributed by atoms with Crippen LogP contribution in [0.1, 0.15) is 32.0 Å². The van der Waals surface area contributed by atoms with Crippen LogP contribution in [-0.2, 0) is 0 Å². The average molecular weight is 387 g/mol. The first kappa shape index (κ1) is 18.6. The van der Waals surface area contributed by atoms with E-state index in [-0.39, 0.29) is 23.9 Å². The standard InChI is InChI=1S/C24H18FNO3/c1-15-6-8-17(9-7-15)23(28)24-22(19-4-2-3-5-21(19)29-24)26-14-20(27)16-10-12-18(25)13-11-16/h2-13,26H,14H2,1H3. The molecule has 0 aliphatic rings. The lowest BCUT2D eigenvalue weighted by Gasteiger charge is -2.07. The van der Waals surface area contributed by atoms with E-state index in [1.807, 2.05) is 37.3 Å². The van der Waals surface area contributed by atoms with Gasteiger partial charge >= 0.3 is 0 Å². The van der Waals surface area contributed by atoms with Crippen molar-refractivity contribution in [2.45, 2.75) is 6.92 Å². The number of ketones is 2. The summed E-state index contributed by atoms with van der Waals surface area (Å²) in [5, 5.41) is 3.77. The quantitative estimate of drug-likeness (QED) is 0.450. The fraction of sp³-hybridized carbons (Fsp3) is 0.0833. The Hall–Kier alpha value is -3.73. The fourth-order valence-electron chi connectivity index (χ4n) is 3.12. The molecule has 0 radical (unpaired) electrons. The highest BCUT2D eigenvalue weighted by molar-refractivity contribution is 6.15. The van der Waals surface area contributed by atoms with E-state index in [1.54, 1.807) is 18.2 Å². The third-order valence-corrected chi connectivity index (χ3v) is 4.71. The second-order valence-corrected chi connectivity index (χ2v) is 6.78. The normalized spacial score (nSPS) is 10.8. The lowest BCUT2D eigenvalue weighted by atomic mass is 10.1. The summed E-state index contributed by atoms with van der Waals surface area (Å²) < 4.78 is 18.9. The fourth-order valence-corrected chi connectivity index (χ4v) is 3.12. The Morgan fingerprint density at radius 2 is 1.55 bits per heavy atom. The average Bonchev–Trinajstić information content (AvgIpc) is 3.11. The molecule has 0 fully saturated rings. The van der Waals surface area contributed by atoms with Crippen molar-refractivity contribution in [3.05, 3.63) is 101 Å². The van der Waals surface area contributed by atoms with E-state index in [2.05, 4.69) is 5.32 Å². The molecule has 4 rings (SSSR count). The molecule has 0 amide bonds. The number of rotatable bonds is 6. The summed E-state index contributed by atoms with van der Waals surface area (Å²) in [7, 11) is 0. The molecule has 0 unspecified atom stereocenters. The predicted octanol–water partition coefficient (Wildman–Crippen LogP) is 5.41. The van der Waals surface area contributed by atoms with E-state index < -0.39 is 5.82 Å². The zero-order valence-corrected chi connectivity index (χ0v) is 15.7. The Kier molecular flexibility index (Phi) is 4.96. The van der Waals surface area contributed by atoms with Crippen LogP contribution in [0.5, 0.6) is 0 Å². The van der Waals surface area contributed by atoms with Crippen molar-refractivity contribution in [1.29, 1.82) is 0 Å². The zero-order valence-electron chi connectivity index (χ0n) is 15.7. The Bertz CT molecular complexity index is 1190. The van der Waals surface area contributed by atoms with E-state index in [0.717, 1.165) is 10.9 Å². The molecule has 1 heterocycles. The topological polar surface area (TPSA) is 59.3 Å². The maximum Gasteiger partial charge on any atom is 0.230 e. The number of anilines is 1. The molecule has 4 aromatic rings. The van der Waals surface area contributed by atoms with Crippen LogP contribution < -0.4 is 5.32 Å². The van der Waals surface area contributed by atoms with Crippen LogP contribution in [0.15, 0.2) is 77.2 Å². The molecule has 0 aliphatic heterocycles. The number of para-hydroxylation sites is 1. The van der Waals surface area contributed by atoms with E-state index >= 15 is 0 Å². The third-order valence-electron chi connectivity index (χ3n) is 4.71. The molecule has 5 heteroatoms. The van der Waals surface area contributed by atoms with Crippen LogP contribution in [0.3, 0.4) is 0 Å². The number of nitrogens with one attached hydrogen (secondary N) is 1. The Morgan fingerprint density at radius 1 is 0.897 bits per heavy atom. The number of benzene rings is 3. The van der Waals surface area contributed by atoms with Crippen LogP contribution in [0, 0.1) is 12.7 Å². The maximum absolute atomic E-state index is 13.1. The highest BCUT2D eigenvalue weighted by atomic mass is 19.1. The van der Waals surface area contributed by atoms with Gasteiger partial charge in [-0.05, 0) is 43.3 Å².